The van der Waals surface area contributed by atoms with E-state index in [1.54, 1.807) is 24.3 Å². The largest absolute Gasteiger partial charge is 0.366 e. The number of benzene rings is 1. The fourth-order valence-electron chi connectivity index (χ4n) is 2.44. The van der Waals surface area contributed by atoms with E-state index < -0.39 is 5.91 Å². The van der Waals surface area contributed by atoms with Crippen LogP contribution in [0.4, 0.5) is 0 Å². The number of amides is 2. The first-order chi connectivity index (χ1) is 9.13. The number of carbonyl (C=O) groups excluding carboxylic acids is 2. The van der Waals surface area contributed by atoms with Crippen LogP contribution in [0.2, 0.25) is 0 Å². The Kier molecular flexibility index (Phi) is 4.16. The summed E-state index contributed by atoms with van der Waals surface area (Å²) in [5.41, 5.74) is 6.13. The minimum Gasteiger partial charge on any atom is -0.366 e. The second-order valence-corrected chi connectivity index (χ2v) is 4.68. The predicted octanol–water partition coefficient (Wildman–Crippen LogP) is 0.610. The molecule has 0 saturated carbocycles. The minimum absolute atomic E-state index is 0.0423. The zero-order valence-electron chi connectivity index (χ0n) is 11.1. The average molecular weight is 261 g/mol. The van der Waals surface area contributed by atoms with Crippen LogP contribution in [-0.4, -0.2) is 42.4 Å². The molecule has 1 aliphatic heterocycles. The van der Waals surface area contributed by atoms with E-state index in [0.29, 0.717) is 17.7 Å². The molecule has 19 heavy (non-hydrogen) atoms. The van der Waals surface area contributed by atoms with Crippen LogP contribution in [0.25, 0.3) is 0 Å². The highest BCUT2D eigenvalue weighted by molar-refractivity contribution is 5.99. The molecule has 1 aliphatic rings. The first-order valence-electron chi connectivity index (χ1n) is 6.55. The molecule has 0 aliphatic carbocycles. The summed E-state index contributed by atoms with van der Waals surface area (Å²) in [5.74, 6) is -0.556. The Morgan fingerprint density at radius 2 is 2.16 bits per heavy atom. The zero-order chi connectivity index (χ0) is 13.8. The Morgan fingerprint density at radius 1 is 1.42 bits per heavy atom. The number of hydrogen-bond acceptors (Lipinski definition) is 3. The van der Waals surface area contributed by atoms with Gasteiger partial charge in [0.15, 0.2) is 0 Å². The molecule has 0 spiro atoms. The lowest BCUT2D eigenvalue weighted by Gasteiger charge is -2.27. The monoisotopic (exact) mass is 261 g/mol. The molecule has 1 aromatic rings. The third kappa shape index (κ3) is 2.93. The number of rotatable bonds is 4. The summed E-state index contributed by atoms with van der Waals surface area (Å²) < 4.78 is 0. The van der Waals surface area contributed by atoms with Gasteiger partial charge in [-0.25, -0.2) is 0 Å². The molecule has 2 amide bonds. The molecule has 1 heterocycles. The van der Waals surface area contributed by atoms with Gasteiger partial charge in [-0.3, -0.25) is 9.59 Å². The number of nitrogens with one attached hydrogen (secondary N) is 1. The highest BCUT2D eigenvalue weighted by Gasteiger charge is 2.26. The summed E-state index contributed by atoms with van der Waals surface area (Å²) in [7, 11) is 0. The van der Waals surface area contributed by atoms with Gasteiger partial charge in [-0.05, 0) is 38.1 Å². The molecule has 0 radical (unpaired) electrons. The van der Waals surface area contributed by atoms with Gasteiger partial charge in [0.2, 0.25) is 5.91 Å². The summed E-state index contributed by atoms with van der Waals surface area (Å²) in [6.45, 7) is 4.39. The van der Waals surface area contributed by atoms with Gasteiger partial charge in [0.25, 0.3) is 5.91 Å². The molecule has 1 fully saturated rings. The molecule has 1 unspecified atom stereocenters. The molecule has 5 nitrogen and oxygen atoms in total. The third-order valence-electron chi connectivity index (χ3n) is 3.47. The molecule has 1 aromatic carbocycles. The summed E-state index contributed by atoms with van der Waals surface area (Å²) in [6.07, 6.45) is 0.967. The van der Waals surface area contributed by atoms with Crippen molar-refractivity contribution in [1.29, 1.82) is 0 Å². The number of nitrogens with two attached hydrogens (primary N) is 1. The van der Waals surface area contributed by atoms with Crippen LogP contribution in [0.15, 0.2) is 24.3 Å². The van der Waals surface area contributed by atoms with Gasteiger partial charge in [-0.2, -0.15) is 0 Å². The van der Waals surface area contributed by atoms with Crippen LogP contribution in [0.5, 0.6) is 0 Å². The summed E-state index contributed by atoms with van der Waals surface area (Å²) in [5, 5.41) is 3.26. The molecule has 1 atom stereocenters. The zero-order valence-corrected chi connectivity index (χ0v) is 11.1. The number of carbonyl (C=O) groups is 2. The van der Waals surface area contributed by atoms with Crippen molar-refractivity contribution in [2.24, 2.45) is 5.73 Å². The highest BCUT2D eigenvalue weighted by atomic mass is 16.2. The Morgan fingerprint density at radius 3 is 2.74 bits per heavy atom. The number of hydrogen-bond donors (Lipinski definition) is 2. The van der Waals surface area contributed by atoms with E-state index >= 15 is 0 Å². The fraction of sp³-hybridized carbons (Fsp3) is 0.429. The van der Waals surface area contributed by atoms with E-state index in [1.165, 1.54) is 0 Å². The van der Waals surface area contributed by atoms with E-state index in [2.05, 4.69) is 5.32 Å². The molecular formula is C14H19N3O2. The van der Waals surface area contributed by atoms with E-state index in [1.807, 2.05) is 11.8 Å². The molecule has 3 N–H and O–H groups in total. The van der Waals surface area contributed by atoms with E-state index in [-0.39, 0.29) is 11.9 Å². The van der Waals surface area contributed by atoms with Gasteiger partial charge in [0.1, 0.15) is 0 Å². The first kappa shape index (κ1) is 13.5. The Bertz CT molecular complexity index is 481. The second-order valence-electron chi connectivity index (χ2n) is 4.68. The van der Waals surface area contributed by atoms with Crippen molar-refractivity contribution in [2.75, 3.05) is 19.6 Å². The maximum atomic E-state index is 12.5. The minimum atomic E-state index is -0.514. The van der Waals surface area contributed by atoms with Gasteiger partial charge >= 0.3 is 0 Å². The lowest BCUT2D eigenvalue weighted by molar-refractivity contribution is 0.0704. The van der Waals surface area contributed by atoms with Crippen molar-refractivity contribution < 1.29 is 9.59 Å². The SMILES string of the molecule is CCN(C(=O)c1cccc(C(N)=O)c1)C1CCNC1. The van der Waals surface area contributed by atoms with E-state index in [9.17, 15) is 9.59 Å². The van der Waals surface area contributed by atoms with Crippen LogP contribution >= 0.6 is 0 Å². The van der Waals surface area contributed by atoms with Crippen LogP contribution in [0.1, 0.15) is 34.1 Å². The second kappa shape index (κ2) is 5.84. The molecule has 0 bridgehead atoms. The van der Waals surface area contributed by atoms with Crippen molar-refractivity contribution in [3.63, 3.8) is 0 Å². The maximum absolute atomic E-state index is 12.5. The number of nitrogens with zero attached hydrogens (tertiary/aromatic N) is 1. The van der Waals surface area contributed by atoms with Crippen molar-refractivity contribution in [1.82, 2.24) is 10.2 Å². The molecule has 0 aromatic heterocycles. The Hall–Kier alpha value is -1.88. The quantitative estimate of drug-likeness (QED) is 0.834. The number of likely N-dealkylation sites (N-methyl/N-ethyl adjacent to an activating group) is 1. The number of primary amides is 1. The van der Waals surface area contributed by atoms with Crippen LogP contribution in [0, 0.1) is 0 Å². The smallest absolute Gasteiger partial charge is 0.254 e. The summed E-state index contributed by atoms with van der Waals surface area (Å²) in [6, 6.07) is 6.82. The topological polar surface area (TPSA) is 75.4 Å². The van der Waals surface area contributed by atoms with Gasteiger partial charge in [-0.15, -0.1) is 0 Å². The standard InChI is InChI=1S/C14H19N3O2/c1-2-17(12-6-7-16-9-12)14(19)11-5-3-4-10(8-11)13(15)18/h3-5,8,12,16H,2,6-7,9H2,1H3,(H2,15,18). The summed E-state index contributed by atoms with van der Waals surface area (Å²) in [4.78, 5) is 25.5. The Labute approximate surface area is 112 Å². The molecule has 102 valence electrons. The van der Waals surface area contributed by atoms with Gasteiger partial charge in [0, 0.05) is 30.3 Å². The first-order valence-corrected chi connectivity index (χ1v) is 6.55. The van der Waals surface area contributed by atoms with E-state index in [4.69, 9.17) is 5.73 Å². The van der Waals surface area contributed by atoms with Crippen molar-refractivity contribution in [2.45, 2.75) is 19.4 Å². The van der Waals surface area contributed by atoms with Gasteiger partial charge < -0.3 is 16.0 Å². The molecule has 1 saturated heterocycles. The van der Waals surface area contributed by atoms with Crippen molar-refractivity contribution >= 4 is 11.8 Å². The highest BCUT2D eigenvalue weighted by Crippen LogP contribution is 2.14. The Balaban J connectivity index is 2.21. The van der Waals surface area contributed by atoms with Crippen LogP contribution in [-0.2, 0) is 0 Å². The lowest BCUT2D eigenvalue weighted by atomic mass is 10.1. The van der Waals surface area contributed by atoms with E-state index in [0.717, 1.165) is 19.5 Å². The molecular weight excluding hydrogens is 242 g/mol. The fourth-order valence-corrected chi connectivity index (χ4v) is 2.44. The van der Waals surface area contributed by atoms with Crippen molar-refractivity contribution in [3.05, 3.63) is 35.4 Å². The predicted molar refractivity (Wildman–Crippen MR) is 72.9 cm³/mol. The van der Waals surface area contributed by atoms with Gasteiger partial charge in [0.05, 0.1) is 0 Å². The molecule has 5 heteroatoms. The summed E-state index contributed by atoms with van der Waals surface area (Å²) >= 11 is 0. The van der Waals surface area contributed by atoms with Crippen molar-refractivity contribution in [3.8, 4) is 0 Å². The lowest BCUT2D eigenvalue weighted by Crippen LogP contribution is -2.41. The van der Waals surface area contributed by atoms with Crippen LogP contribution in [0.3, 0.4) is 0 Å². The average Bonchev–Trinajstić information content (AvgIpc) is 2.93. The normalized spacial score (nSPS) is 18.3. The van der Waals surface area contributed by atoms with Gasteiger partial charge in [-0.1, -0.05) is 6.07 Å². The van der Waals surface area contributed by atoms with Crippen LogP contribution < -0.4 is 11.1 Å². The maximum Gasteiger partial charge on any atom is 0.254 e. The third-order valence-corrected chi connectivity index (χ3v) is 3.47. The molecule has 2 rings (SSSR count).